The Balaban J connectivity index is 2.24. The van der Waals surface area contributed by atoms with Crippen molar-refractivity contribution in [1.29, 1.82) is 0 Å². The molecule has 0 aliphatic rings. The van der Waals surface area contributed by atoms with E-state index in [-0.39, 0.29) is 13.2 Å². The summed E-state index contributed by atoms with van der Waals surface area (Å²) in [5.74, 6) is 0. The zero-order chi connectivity index (χ0) is 13.4. The second-order valence-electron chi connectivity index (χ2n) is 3.72. The van der Waals surface area contributed by atoms with Crippen molar-refractivity contribution in [2.45, 2.75) is 19.5 Å². The lowest BCUT2D eigenvalue weighted by atomic mass is 10.1. The van der Waals surface area contributed by atoms with E-state index in [1.165, 1.54) is 0 Å². The number of alkyl halides is 3. The number of hydrogen-bond donors (Lipinski definition) is 1. The first-order valence-electron chi connectivity index (χ1n) is 5.49. The molecule has 0 amide bonds. The van der Waals surface area contributed by atoms with E-state index in [4.69, 9.17) is 4.74 Å². The summed E-state index contributed by atoms with van der Waals surface area (Å²) in [5, 5.41) is 2.88. The third-order valence-electron chi connectivity index (χ3n) is 2.18. The Morgan fingerprint density at radius 3 is 2.61 bits per heavy atom. The van der Waals surface area contributed by atoms with Crippen molar-refractivity contribution in [3.05, 3.63) is 35.4 Å². The van der Waals surface area contributed by atoms with E-state index >= 15 is 0 Å². The molecule has 0 fully saturated rings. The highest BCUT2D eigenvalue weighted by Crippen LogP contribution is 2.15. The number of nitrogens with one attached hydrogen (secondary N) is 1. The molecule has 102 valence electrons. The van der Waals surface area contributed by atoms with Gasteiger partial charge in [0.05, 0.1) is 13.2 Å². The van der Waals surface area contributed by atoms with Gasteiger partial charge in [0.2, 0.25) is 0 Å². The number of halogens is 3. The summed E-state index contributed by atoms with van der Waals surface area (Å²) in [6.45, 7) is 0.777. The van der Waals surface area contributed by atoms with E-state index in [9.17, 15) is 13.2 Å². The third kappa shape index (κ3) is 6.58. The van der Waals surface area contributed by atoms with Crippen LogP contribution in [0, 0.1) is 0 Å². The van der Waals surface area contributed by atoms with E-state index in [0.29, 0.717) is 13.2 Å². The van der Waals surface area contributed by atoms with Gasteiger partial charge < -0.3 is 10.1 Å². The molecule has 1 rings (SSSR count). The molecule has 0 atom stereocenters. The first-order chi connectivity index (χ1) is 8.51. The van der Waals surface area contributed by atoms with Gasteiger partial charge in [0, 0.05) is 20.2 Å². The quantitative estimate of drug-likeness (QED) is 0.766. The van der Waals surface area contributed by atoms with Crippen LogP contribution in [-0.2, 0) is 22.6 Å². The molecule has 0 saturated heterocycles. The number of ether oxygens (including phenoxy) is 2. The summed E-state index contributed by atoms with van der Waals surface area (Å²) in [7, 11) is 1.61. The van der Waals surface area contributed by atoms with E-state index < -0.39 is 6.36 Å². The Bertz CT molecular complexity index is 355. The molecule has 1 N–H and O–H groups in total. The Kier molecular flexibility index (Phi) is 6.11. The summed E-state index contributed by atoms with van der Waals surface area (Å²) >= 11 is 0. The summed E-state index contributed by atoms with van der Waals surface area (Å²) in [4.78, 5) is 0. The molecule has 0 aliphatic heterocycles. The first-order valence-corrected chi connectivity index (χ1v) is 5.49. The lowest BCUT2D eigenvalue weighted by Gasteiger charge is -2.09. The molecule has 0 aromatic heterocycles. The maximum atomic E-state index is 11.7. The van der Waals surface area contributed by atoms with Crippen LogP contribution in [0.25, 0.3) is 0 Å². The summed E-state index contributed by atoms with van der Waals surface area (Å²) < 4.78 is 43.7. The molecule has 6 heteroatoms. The molecule has 0 aliphatic carbocycles. The highest BCUT2D eigenvalue weighted by atomic mass is 19.4. The van der Waals surface area contributed by atoms with Crippen LogP contribution in [0.15, 0.2) is 24.3 Å². The maximum Gasteiger partial charge on any atom is 0.522 e. The molecule has 0 saturated carbocycles. The Hall–Kier alpha value is -1.11. The molecule has 0 radical (unpaired) electrons. The largest absolute Gasteiger partial charge is 0.522 e. The summed E-state index contributed by atoms with van der Waals surface area (Å²) in [6.07, 6.45) is -4.56. The van der Waals surface area contributed by atoms with Crippen molar-refractivity contribution >= 4 is 0 Å². The Labute approximate surface area is 104 Å². The fourth-order valence-corrected chi connectivity index (χ4v) is 1.47. The van der Waals surface area contributed by atoms with Gasteiger partial charge in [-0.15, -0.1) is 13.2 Å². The first kappa shape index (κ1) is 14.9. The van der Waals surface area contributed by atoms with E-state index in [2.05, 4.69) is 10.1 Å². The topological polar surface area (TPSA) is 30.5 Å². The van der Waals surface area contributed by atoms with Crippen LogP contribution < -0.4 is 5.32 Å². The second-order valence-corrected chi connectivity index (χ2v) is 3.72. The van der Waals surface area contributed by atoms with Gasteiger partial charge in [-0.1, -0.05) is 24.3 Å². The minimum Gasteiger partial charge on any atom is -0.380 e. The monoisotopic (exact) mass is 263 g/mol. The number of benzene rings is 1. The highest BCUT2D eigenvalue weighted by molar-refractivity contribution is 5.22. The lowest BCUT2D eigenvalue weighted by molar-refractivity contribution is -0.323. The van der Waals surface area contributed by atoms with Gasteiger partial charge in [-0.25, -0.2) is 0 Å². The molecular formula is C12H16F3NO2. The van der Waals surface area contributed by atoms with Gasteiger partial charge in [0.15, 0.2) is 0 Å². The van der Waals surface area contributed by atoms with Crippen molar-refractivity contribution in [3.8, 4) is 0 Å². The van der Waals surface area contributed by atoms with Crippen LogP contribution in [0.1, 0.15) is 11.1 Å². The predicted molar refractivity (Wildman–Crippen MR) is 60.9 cm³/mol. The molecule has 0 unspecified atom stereocenters. The number of methoxy groups -OCH3 is 1. The standard InChI is InChI=1S/C12H16F3NO2/c1-17-9-11-4-2-3-10(7-11)8-16-5-6-18-12(13,14)15/h2-4,7,16H,5-6,8-9H2,1H3. The Morgan fingerprint density at radius 1 is 1.22 bits per heavy atom. The average Bonchev–Trinajstić information content (AvgIpc) is 2.28. The zero-order valence-electron chi connectivity index (χ0n) is 10.1. The van der Waals surface area contributed by atoms with Crippen molar-refractivity contribution < 1.29 is 22.6 Å². The minimum atomic E-state index is -4.56. The Morgan fingerprint density at radius 2 is 1.94 bits per heavy atom. The van der Waals surface area contributed by atoms with Crippen molar-refractivity contribution in [2.24, 2.45) is 0 Å². The average molecular weight is 263 g/mol. The highest BCUT2D eigenvalue weighted by Gasteiger charge is 2.28. The molecule has 0 spiro atoms. The third-order valence-corrected chi connectivity index (χ3v) is 2.18. The predicted octanol–water partition coefficient (Wildman–Crippen LogP) is 2.46. The van der Waals surface area contributed by atoms with Crippen LogP contribution in [0.3, 0.4) is 0 Å². The smallest absolute Gasteiger partial charge is 0.380 e. The molecule has 0 bridgehead atoms. The molecule has 1 aromatic rings. The van der Waals surface area contributed by atoms with Crippen molar-refractivity contribution in [2.75, 3.05) is 20.3 Å². The second kappa shape index (κ2) is 7.35. The zero-order valence-corrected chi connectivity index (χ0v) is 10.1. The number of hydrogen-bond acceptors (Lipinski definition) is 3. The normalized spacial score (nSPS) is 11.8. The van der Waals surface area contributed by atoms with E-state index in [1.807, 2.05) is 24.3 Å². The minimum absolute atomic E-state index is 0.147. The van der Waals surface area contributed by atoms with E-state index in [0.717, 1.165) is 11.1 Å². The van der Waals surface area contributed by atoms with Crippen molar-refractivity contribution in [1.82, 2.24) is 5.32 Å². The van der Waals surface area contributed by atoms with E-state index in [1.54, 1.807) is 7.11 Å². The van der Waals surface area contributed by atoms with Gasteiger partial charge in [0.1, 0.15) is 0 Å². The fourth-order valence-electron chi connectivity index (χ4n) is 1.47. The van der Waals surface area contributed by atoms with Gasteiger partial charge in [-0.2, -0.15) is 0 Å². The summed E-state index contributed by atoms with van der Waals surface area (Å²) in [5.41, 5.74) is 2.03. The van der Waals surface area contributed by atoms with Crippen LogP contribution in [0.5, 0.6) is 0 Å². The van der Waals surface area contributed by atoms with Crippen LogP contribution >= 0.6 is 0 Å². The van der Waals surface area contributed by atoms with Gasteiger partial charge in [-0.3, -0.25) is 4.74 Å². The SMILES string of the molecule is COCc1cccc(CNCCOC(F)(F)F)c1. The van der Waals surface area contributed by atoms with Crippen molar-refractivity contribution in [3.63, 3.8) is 0 Å². The van der Waals surface area contributed by atoms with Gasteiger partial charge in [0.25, 0.3) is 0 Å². The lowest BCUT2D eigenvalue weighted by Crippen LogP contribution is -2.24. The van der Waals surface area contributed by atoms with Crippen LogP contribution in [0.4, 0.5) is 13.2 Å². The van der Waals surface area contributed by atoms with Gasteiger partial charge in [-0.05, 0) is 11.1 Å². The van der Waals surface area contributed by atoms with Gasteiger partial charge >= 0.3 is 6.36 Å². The molecule has 3 nitrogen and oxygen atoms in total. The molecule has 0 heterocycles. The summed E-state index contributed by atoms with van der Waals surface area (Å²) in [6, 6.07) is 7.66. The van der Waals surface area contributed by atoms with Crippen LogP contribution in [0.2, 0.25) is 0 Å². The molecular weight excluding hydrogens is 247 g/mol. The maximum absolute atomic E-state index is 11.7. The molecule has 18 heavy (non-hydrogen) atoms. The fraction of sp³-hybridized carbons (Fsp3) is 0.500. The van der Waals surface area contributed by atoms with Crippen LogP contribution in [-0.4, -0.2) is 26.6 Å². The number of rotatable bonds is 7. The molecule has 1 aromatic carbocycles.